The molecule has 7 heteroatoms. The van der Waals surface area contributed by atoms with E-state index in [1.165, 1.54) is 27.2 Å². The molecule has 2 heterocycles. The molecule has 1 aliphatic heterocycles. The van der Waals surface area contributed by atoms with Gasteiger partial charge in [0.05, 0.1) is 11.4 Å². The Morgan fingerprint density at radius 2 is 1.17 bits per heavy atom. The molecule has 0 radical (unpaired) electrons. The van der Waals surface area contributed by atoms with Gasteiger partial charge in [-0.05, 0) is 76.6 Å². The van der Waals surface area contributed by atoms with Crippen molar-refractivity contribution >= 4 is 15.8 Å². The highest BCUT2D eigenvalue weighted by Gasteiger charge is 2.27. The fraction of sp³-hybridized carbons (Fsp3) is 0.143. The van der Waals surface area contributed by atoms with Gasteiger partial charge in [0.1, 0.15) is 0 Å². The van der Waals surface area contributed by atoms with Crippen LogP contribution in [0.15, 0.2) is 131 Å². The highest BCUT2D eigenvalue weighted by Crippen LogP contribution is 2.33. The van der Waals surface area contributed by atoms with Crippen LogP contribution in [-0.2, 0) is 16.6 Å². The molecule has 210 valence electrons. The largest absolute Gasteiger partial charge is 0.306 e. The third-order valence-corrected chi connectivity index (χ3v) is 9.52. The molecule has 0 aliphatic carbocycles. The molecule has 1 aromatic heterocycles. The number of carbonyl (C=O) groups excluding carboxylic acids is 1. The lowest BCUT2D eigenvalue weighted by atomic mass is 9.92. The number of Topliss-reactive ketones (excluding diaryl/α,β-unsaturated/α-hetero) is 1. The summed E-state index contributed by atoms with van der Waals surface area (Å²) in [6, 6.07) is 36.6. The number of nitrogens with zero attached hydrogens (tertiary/aromatic N) is 2. The first-order valence-corrected chi connectivity index (χ1v) is 15.4. The maximum absolute atomic E-state index is 13.4. The Labute approximate surface area is 245 Å². The topological polar surface area (TPSA) is 76.5 Å². The van der Waals surface area contributed by atoms with Crippen molar-refractivity contribution in [2.45, 2.75) is 24.3 Å². The summed E-state index contributed by atoms with van der Waals surface area (Å²) in [5, 5.41) is 0. The van der Waals surface area contributed by atoms with Gasteiger partial charge in [-0.15, -0.1) is 0 Å². The first-order valence-electron chi connectivity index (χ1n) is 14.0. The van der Waals surface area contributed by atoms with E-state index in [0.29, 0.717) is 18.7 Å². The van der Waals surface area contributed by atoms with E-state index in [2.05, 4.69) is 42.5 Å². The van der Waals surface area contributed by atoms with Gasteiger partial charge in [0.15, 0.2) is 5.78 Å². The van der Waals surface area contributed by atoms with Gasteiger partial charge in [0.25, 0.3) is 5.56 Å². The zero-order valence-electron chi connectivity index (χ0n) is 23.0. The molecule has 0 N–H and O–H groups in total. The number of benzene rings is 4. The number of aromatic nitrogens is 1. The van der Waals surface area contributed by atoms with Crippen LogP contribution in [0.1, 0.15) is 23.2 Å². The van der Waals surface area contributed by atoms with Crippen molar-refractivity contribution in [1.29, 1.82) is 0 Å². The second kappa shape index (κ2) is 11.7. The van der Waals surface area contributed by atoms with E-state index in [4.69, 9.17) is 0 Å². The van der Waals surface area contributed by atoms with Crippen LogP contribution in [0.5, 0.6) is 0 Å². The Bertz CT molecular complexity index is 1850. The molecule has 0 unspecified atom stereocenters. The molecule has 6 nitrogen and oxygen atoms in total. The van der Waals surface area contributed by atoms with Crippen LogP contribution in [0.2, 0.25) is 0 Å². The number of pyridine rings is 1. The van der Waals surface area contributed by atoms with Gasteiger partial charge in [-0.2, -0.15) is 4.31 Å². The van der Waals surface area contributed by atoms with E-state index in [-0.39, 0.29) is 17.2 Å². The number of sulfonamides is 1. The highest BCUT2D eigenvalue weighted by atomic mass is 32.2. The summed E-state index contributed by atoms with van der Waals surface area (Å²) in [7, 11) is -3.71. The fourth-order valence-corrected chi connectivity index (χ4v) is 6.91. The summed E-state index contributed by atoms with van der Waals surface area (Å²) < 4.78 is 28.7. The first kappa shape index (κ1) is 27.6. The lowest BCUT2D eigenvalue weighted by molar-refractivity contribution is 0.0970. The zero-order chi connectivity index (χ0) is 29.1. The summed E-state index contributed by atoms with van der Waals surface area (Å²) in [4.78, 5) is 26.1. The van der Waals surface area contributed by atoms with Crippen LogP contribution in [0, 0.1) is 0 Å². The minimum absolute atomic E-state index is 0.0247. The average Bonchev–Trinajstić information content (AvgIpc) is 3.59. The van der Waals surface area contributed by atoms with Gasteiger partial charge in [0, 0.05) is 30.9 Å². The Morgan fingerprint density at radius 3 is 1.76 bits per heavy atom. The van der Waals surface area contributed by atoms with Gasteiger partial charge < -0.3 is 4.57 Å². The molecule has 42 heavy (non-hydrogen) atoms. The Kier molecular flexibility index (Phi) is 7.69. The quantitative estimate of drug-likeness (QED) is 0.198. The maximum atomic E-state index is 13.4. The van der Waals surface area contributed by atoms with Gasteiger partial charge >= 0.3 is 0 Å². The molecule has 1 aliphatic rings. The van der Waals surface area contributed by atoms with Crippen LogP contribution in [0.25, 0.3) is 33.4 Å². The van der Waals surface area contributed by atoms with E-state index in [9.17, 15) is 18.0 Å². The molecule has 6 rings (SSSR count). The minimum Gasteiger partial charge on any atom is -0.306 e. The summed E-state index contributed by atoms with van der Waals surface area (Å²) in [5.74, 6) is -0.280. The molecule has 0 bridgehead atoms. The molecule has 4 aromatic carbocycles. The zero-order valence-corrected chi connectivity index (χ0v) is 23.8. The van der Waals surface area contributed by atoms with Gasteiger partial charge in [-0.25, -0.2) is 8.42 Å². The standard InChI is InChI=1S/C35H30N2O4S/c38-34(25-36-24-33(16-17-35(36)39)42(40,41)37-18-7-8-19-37)29-15-9-14-28(20-29)32-22-30(26-10-3-1-4-11-26)21-31(23-32)27-12-5-2-6-13-27/h1-6,9-17,20-24H,7-8,18-19,25H2. The predicted molar refractivity (Wildman–Crippen MR) is 166 cm³/mol. The Hall–Kier alpha value is -4.59. The van der Waals surface area contributed by atoms with E-state index in [1.807, 2.05) is 54.6 Å². The number of ketones is 1. The molecular formula is C35H30N2O4S. The van der Waals surface area contributed by atoms with Crippen molar-refractivity contribution in [1.82, 2.24) is 8.87 Å². The smallest absolute Gasteiger partial charge is 0.251 e. The van der Waals surface area contributed by atoms with Crippen molar-refractivity contribution < 1.29 is 13.2 Å². The summed E-state index contributed by atoms with van der Waals surface area (Å²) in [6.07, 6.45) is 2.91. The first-order chi connectivity index (χ1) is 20.4. The number of hydrogen-bond acceptors (Lipinski definition) is 4. The maximum Gasteiger partial charge on any atom is 0.251 e. The lowest BCUT2D eigenvalue weighted by Crippen LogP contribution is -2.30. The molecule has 5 aromatic rings. The lowest BCUT2D eigenvalue weighted by Gasteiger charge is -2.16. The SMILES string of the molecule is O=C(Cn1cc(S(=O)(=O)N2CCCC2)ccc1=O)c1cccc(-c2cc(-c3ccccc3)cc(-c3ccccc3)c2)c1. The highest BCUT2D eigenvalue weighted by molar-refractivity contribution is 7.89. The summed E-state index contributed by atoms with van der Waals surface area (Å²) in [6.45, 7) is 0.667. The van der Waals surface area contributed by atoms with Crippen molar-refractivity contribution in [3.63, 3.8) is 0 Å². The van der Waals surface area contributed by atoms with Gasteiger partial charge in [-0.3, -0.25) is 9.59 Å². The van der Waals surface area contributed by atoms with Crippen LogP contribution in [-0.4, -0.2) is 36.2 Å². The van der Waals surface area contributed by atoms with Gasteiger partial charge in [0.2, 0.25) is 10.0 Å². The number of rotatable bonds is 8. The van der Waals surface area contributed by atoms with Crippen molar-refractivity contribution in [2.75, 3.05) is 13.1 Å². The second-order valence-electron chi connectivity index (χ2n) is 10.5. The van der Waals surface area contributed by atoms with E-state index in [1.54, 1.807) is 6.07 Å². The van der Waals surface area contributed by atoms with E-state index < -0.39 is 15.6 Å². The molecule has 1 fully saturated rings. The molecule has 0 saturated carbocycles. The van der Waals surface area contributed by atoms with Gasteiger partial charge in [-0.1, -0.05) is 78.9 Å². The molecule has 0 atom stereocenters. The van der Waals surface area contributed by atoms with E-state index in [0.717, 1.165) is 46.2 Å². The van der Waals surface area contributed by atoms with Crippen LogP contribution in [0.3, 0.4) is 0 Å². The average molecular weight is 575 g/mol. The molecular weight excluding hydrogens is 544 g/mol. The Balaban J connectivity index is 1.33. The second-order valence-corrected chi connectivity index (χ2v) is 12.4. The summed E-state index contributed by atoms with van der Waals surface area (Å²) in [5.41, 5.74) is 6.15. The van der Waals surface area contributed by atoms with Crippen LogP contribution < -0.4 is 5.56 Å². The summed E-state index contributed by atoms with van der Waals surface area (Å²) >= 11 is 0. The minimum atomic E-state index is -3.71. The van der Waals surface area contributed by atoms with Crippen molar-refractivity contribution in [3.8, 4) is 33.4 Å². The Morgan fingerprint density at radius 1 is 0.619 bits per heavy atom. The fourth-order valence-electron chi connectivity index (χ4n) is 5.37. The van der Waals surface area contributed by atoms with Crippen LogP contribution >= 0.6 is 0 Å². The molecule has 1 saturated heterocycles. The third kappa shape index (κ3) is 5.75. The van der Waals surface area contributed by atoms with Crippen molar-refractivity contribution in [2.24, 2.45) is 0 Å². The molecule has 0 spiro atoms. The number of hydrogen-bond donors (Lipinski definition) is 0. The normalized spacial score (nSPS) is 13.7. The predicted octanol–water partition coefficient (Wildman–Crippen LogP) is 6.52. The number of carbonyl (C=O) groups is 1. The molecule has 0 amide bonds. The third-order valence-electron chi connectivity index (χ3n) is 7.64. The monoisotopic (exact) mass is 574 g/mol. The van der Waals surface area contributed by atoms with Crippen molar-refractivity contribution in [3.05, 3.63) is 137 Å². The van der Waals surface area contributed by atoms with E-state index >= 15 is 0 Å². The van der Waals surface area contributed by atoms with Crippen LogP contribution in [0.4, 0.5) is 0 Å².